The highest BCUT2D eigenvalue weighted by Crippen LogP contribution is 2.11. The van der Waals surface area contributed by atoms with Crippen molar-refractivity contribution in [3.05, 3.63) is 53.6 Å². The molecule has 1 N–H and O–H groups in total. The third kappa shape index (κ3) is 3.54. The summed E-state index contributed by atoms with van der Waals surface area (Å²) in [5, 5.41) is 2.94. The van der Waals surface area contributed by atoms with Crippen LogP contribution in [0.1, 0.15) is 34.6 Å². The van der Waals surface area contributed by atoms with Crippen LogP contribution in [0.3, 0.4) is 0 Å². The first-order valence-corrected chi connectivity index (χ1v) is 7.69. The van der Waals surface area contributed by atoms with E-state index in [0.717, 1.165) is 37.4 Å². The fourth-order valence-electron chi connectivity index (χ4n) is 2.64. The first-order valence-electron chi connectivity index (χ1n) is 7.69. The maximum Gasteiger partial charge on any atom is 0.251 e. The molecule has 0 unspecified atom stereocenters. The van der Waals surface area contributed by atoms with Gasteiger partial charge in [0, 0.05) is 37.7 Å². The van der Waals surface area contributed by atoms with Crippen molar-refractivity contribution in [2.75, 3.05) is 13.2 Å². The topological polar surface area (TPSA) is 56.2 Å². The van der Waals surface area contributed by atoms with E-state index in [0.29, 0.717) is 12.1 Å². The number of hydrogen-bond donors (Lipinski definition) is 1. The van der Waals surface area contributed by atoms with E-state index in [1.165, 1.54) is 0 Å². The largest absolute Gasteiger partial charge is 0.376 e. The Balaban J connectivity index is 1.56. The molecule has 0 spiro atoms. The van der Waals surface area contributed by atoms with E-state index in [-0.39, 0.29) is 12.0 Å². The number of rotatable bonds is 5. The lowest BCUT2D eigenvalue weighted by Gasteiger charge is -2.11. The second kappa shape index (κ2) is 6.75. The second-order valence-electron chi connectivity index (χ2n) is 5.64. The number of hydrogen-bond acceptors (Lipinski definition) is 3. The molecule has 1 fully saturated rings. The average molecular weight is 299 g/mol. The third-order valence-electron chi connectivity index (χ3n) is 4.01. The number of nitrogens with zero attached hydrogens (tertiary/aromatic N) is 2. The number of imidazole rings is 1. The highest BCUT2D eigenvalue weighted by atomic mass is 16.5. The molecule has 1 aliphatic heterocycles. The highest BCUT2D eigenvalue weighted by molar-refractivity contribution is 5.94. The van der Waals surface area contributed by atoms with Crippen LogP contribution in [-0.2, 0) is 11.3 Å². The van der Waals surface area contributed by atoms with Crippen molar-refractivity contribution in [3.8, 4) is 0 Å². The minimum absolute atomic E-state index is 0.0409. The van der Waals surface area contributed by atoms with E-state index in [9.17, 15) is 4.79 Å². The summed E-state index contributed by atoms with van der Waals surface area (Å²) in [5.41, 5.74) is 1.83. The predicted molar refractivity (Wildman–Crippen MR) is 83.8 cm³/mol. The van der Waals surface area contributed by atoms with Crippen LogP contribution < -0.4 is 5.32 Å². The van der Waals surface area contributed by atoms with E-state index in [1.807, 2.05) is 37.4 Å². The zero-order chi connectivity index (χ0) is 15.4. The number of nitrogens with one attached hydrogen (secondary N) is 1. The van der Waals surface area contributed by atoms with Crippen LogP contribution in [0.5, 0.6) is 0 Å². The van der Waals surface area contributed by atoms with Gasteiger partial charge in [-0.1, -0.05) is 12.1 Å². The molecule has 1 atom stereocenters. The first-order chi connectivity index (χ1) is 10.7. The van der Waals surface area contributed by atoms with Gasteiger partial charge in [-0.2, -0.15) is 0 Å². The fraction of sp³-hybridized carbons (Fsp3) is 0.412. The van der Waals surface area contributed by atoms with Gasteiger partial charge in [0.2, 0.25) is 0 Å². The molecule has 1 amide bonds. The summed E-state index contributed by atoms with van der Waals surface area (Å²) in [4.78, 5) is 16.3. The van der Waals surface area contributed by atoms with Crippen molar-refractivity contribution in [2.24, 2.45) is 0 Å². The Kier molecular flexibility index (Phi) is 4.53. The van der Waals surface area contributed by atoms with Crippen LogP contribution >= 0.6 is 0 Å². The number of carbonyl (C=O) groups is 1. The molecule has 0 aliphatic carbocycles. The molecule has 0 bridgehead atoms. The molecule has 0 radical (unpaired) electrons. The van der Waals surface area contributed by atoms with Crippen LogP contribution in [0, 0.1) is 6.92 Å². The van der Waals surface area contributed by atoms with Crippen molar-refractivity contribution in [1.29, 1.82) is 0 Å². The molecule has 3 rings (SSSR count). The summed E-state index contributed by atoms with van der Waals surface area (Å²) in [6.07, 6.45) is 6.04. The van der Waals surface area contributed by atoms with Crippen LogP contribution in [0.4, 0.5) is 0 Å². The molecule has 0 saturated carbocycles. The fourth-order valence-corrected chi connectivity index (χ4v) is 2.64. The summed E-state index contributed by atoms with van der Waals surface area (Å²) in [6, 6.07) is 7.71. The highest BCUT2D eigenvalue weighted by Gasteiger charge is 2.16. The van der Waals surface area contributed by atoms with Gasteiger partial charge in [0.15, 0.2) is 0 Å². The Bertz CT molecular complexity index is 628. The molecule has 1 aromatic heterocycles. The number of carbonyl (C=O) groups excluding carboxylic acids is 1. The Morgan fingerprint density at radius 1 is 1.41 bits per heavy atom. The number of aryl methyl sites for hydroxylation is 1. The molecule has 2 aromatic rings. The number of amides is 1. The Labute approximate surface area is 130 Å². The summed E-state index contributed by atoms with van der Waals surface area (Å²) in [6.45, 7) is 4.15. The molecular weight excluding hydrogens is 278 g/mol. The van der Waals surface area contributed by atoms with Crippen molar-refractivity contribution in [1.82, 2.24) is 14.9 Å². The number of benzene rings is 1. The summed E-state index contributed by atoms with van der Waals surface area (Å²) >= 11 is 0. The van der Waals surface area contributed by atoms with Gasteiger partial charge in [-0.15, -0.1) is 0 Å². The van der Waals surface area contributed by atoms with Gasteiger partial charge in [-0.3, -0.25) is 4.79 Å². The van der Waals surface area contributed by atoms with Gasteiger partial charge in [0.05, 0.1) is 6.10 Å². The molecule has 5 nitrogen and oxygen atoms in total. The normalized spacial score (nSPS) is 17.6. The van der Waals surface area contributed by atoms with Crippen LogP contribution in [0.25, 0.3) is 0 Å². The van der Waals surface area contributed by atoms with Gasteiger partial charge in [-0.25, -0.2) is 4.98 Å². The van der Waals surface area contributed by atoms with Gasteiger partial charge >= 0.3 is 0 Å². The van der Waals surface area contributed by atoms with Crippen LogP contribution in [0.2, 0.25) is 0 Å². The zero-order valence-electron chi connectivity index (χ0n) is 12.8. The second-order valence-corrected chi connectivity index (χ2v) is 5.64. The summed E-state index contributed by atoms with van der Waals surface area (Å²) in [5.74, 6) is 0.944. The zero-order valence-corrected chi connectivity index (χ0v) is 12.8. The van der Waals surface area contributed by atoms with Crippen LogP contribution in [0.15, 0.2) is 36.7 Å². The smallest absolute Gasteiger partial charge is 0.251 e. The molecular formula is C17H21N3O2. The monoisotopic (exact) mass is 299 g/mol. The Hall–Kier alpha value is -2.14. The lowest BCUT2D eigenvalue weighted by atomic mass is 10.1. The minimum atomic E-state index is -0.0409. The Morgan fingerprint density at radius 3 is 2.86 bits per heavy atom. The molecule has 1 saturated heterocycles. The van der Waals surface area contributed by atoms with E-state index in [2.05, 4.69) is 14.9 Å². The minimum Gasteiger partial charge on any atom is -0.376 e. The average Bonchev–Trinajstić information content (AvgIpc) is 3.18. The number of aromatic nitrogens is 2. The lowest BCUT2D eigenvalue weighted by Crippen LogP contribution is -2.31. The maximum absolute atomic E-state index is 12.1. The quantitative estimate of drug-likeness (QED) is 0.920. The van der Waals surface area contributed by atoms with Crippen molar-refractivity contribution in [2.45, 2.75) is 32.4 Å². The van der Waals surface area contributed by atoms with E-state index in [1.54, 1.807) is 6.20 Å². The van der Waals surface area contributed by atoms with Gasteiger partial charge in [0.25, 0.3) is 5.91 Å². The molecule has 22 heavy (non-hydrogen) atoms. The predicted octanol–water partition coefficient (Wildman–Crippen LogP) is 2.15. The number of ether oxygens (including phenoxy) is 1. The van der Waals surface area contributed by atoms with Crippen LogP contribution in [-0.4, -0.2) is 34.7 Å². The molecule has 1 aromatic carbocycles. The maximum atomic E-state index is 12.1. The molecule has 2 heterocycles. The van der Waals surface area contributed by atoms with Gasteiger partial charge in [-0.05, 0) is 37.5 Å². The lowest BCUT2D eigenvalue weighted by molar-refractivity contribution is 0.0858. The first kappa shape index (κ1) is 14.8. The summed E-state index contributed by atoms with van der Waals surface area (Å²) in [7, 11) is 0. The van der Waals surface area contributed by atoms with E-state index >= 15 is 0 Å². The third-order valence-corrected chi connectivity index (χ3v) is 4.01. The molecule has 116 valence electrons. The van der Waals surface area contributed by atoms with E-state index < -0.39 is 0 Å². The van der Waals surface area contributed by atoms with Crippen molar-refractivity contribution < 1.29 is 9.53 Å². The van der Waals surface area contributed by atoms with Crippen molar-refractivity contribution >= 4 is 5.91 Å². The molecule has 1 aliphatic rings. The van der Waals surface area contributed by atoms with E-state index in [4.69, 9.17) is 4.74 Å². The standard InChI is InChI=1S/C17H21N3O2/c1-13-18-8-9-20(13)12-14-4-6-15(7-5-14)17(21)19-11-16-3-2-10-22-16/h4-9,16H,2-3,10-12H2,1H3,(H,19,21)/t16-/m1/s1. The van der Waals surface area contributed by atoms with Gasteiger partial charge < -0.3 is 14.6 Å². The summed E-state index contributed by atoms with van der Waals surface area (Å²) < 4.78 is 7.58. The SMILES string of the molecule is Cc1nccn1Cc1ccc(C(=O)NC[C@H]2CCCO2)cc1. The van der Waals surface area contributed by atoms with Crippen molar-refractivity contribution in [3.63, 3.8) is 0 Å². The van der Waals surface area contributed by atoms with Gasteiger partial charge in [0.1, 0.15) is 5.82 Å². The molecule has 5 heteroatoms. The Morgan fingerprint density at radius 2 is 2.23 bits per heavy atom.